The maximum atomic E-state index is 11.1. The van der Waals surface area contributed by atoms with E-state index in [0.29, 0.717) is 24.7 Å². The molecule has 5 heteroatoms. The molecular formula is C11H13ClN2O2. The Balaban J connectivity index is 2.09. The van der Waals surface area contributed by atoms with Crippen LogP contribution in [0, 0.1) is 0 Å². The van der Waals surface area contributed by atoms with Gasteiger partial charge in [-0.2, -0.15) is 0 Å². The van der Waals surface area contributed by atoms with Gasteiger partial charge < -0.3 is 15.4 Å². The molecule has 2 amide bonds. The number of morpholine rings is 1. The minimum Gasteiger partial charge on any atom is -0.370 e. The second-order valence-corrected chi connectivity index (χ2v) is 4.13. The predicted octanol–water partition coefficient (Wildman–Crippen LogP) is 1.79. The molecule has 1 aliphatic heterocycles. The monoisotopic (exact) mass is 240 g/mol. The predicted molar refractivity (Wildman–Crippen MR) is 61.3 cm³/mol. The zero-order valence-corrected chi connectivity index (χ0v) is 9.48. The maximum absolute atomic E-state index is 11.1. The van der Waals surface area contributed by atoms with Gasteiger partial charge in [-0.05, 0) is 17.7 Å². The van der Waals surface area contributed by atoms with Crippen molar-refractivity contribution < 1.29 is 9.53 Å². The normalized spacial score (nSPS) is 20.8. The number of carbonyl (C=O) groups is 1. The third-order valence-electron chi connectivity index (χ3n) is 2.62. The van der Waals surface area contributed by atoms with Gasteiger partial charge in [0.25, 0.3) is 0 Å². The van der Waals surface area contributed by atoms with Crippen LogP contribution in [0.25, 0.3) is 0 Å². The molecule has 2 N–H and O–H groups in total. The number of ether oxygens (including phenoxy) is 1. The molecule has 16 heavy (non-hydrogen) atoms. The van der Waals surface area contributed by atoms with E-state index >= 15 is 0 Å². The molecule has 0 aliphatic carbocycles. The lowest BCUT2D eigenvalue weighted by Gasteiger charge is -2.32. The molecule has 1 heterocycles. The van der Waals surface area contributed by atoms with Gasteiger partial charge >= 0.3 is 6.03 Å². The van der Waals surface area contributed by atoms with Crippen molar-refractivity contribution in [2.45, 2.75) is 6.10 Å². The zero-order chi connectivity index (χ0) is 11.5. The van der Waals surface area contributed by atoms with Crippen molar-refractivity contribution in [3.05, 3.63) is 34.9 Å². The van der Waals surface area contributed by atoms with E-state index in [-0.39, 0.29) is 6.10 Å². The van der Waals surface area contributed by atoms with Crippen LogP contribution >= 0.6 is 11.6 Å². The van der Waals surface area contributed by atoms with Gasteiger partial charge in [0, 0.05) is 11.6 Å². The van der Waals surface area contributed by atoms with Gasteiger partial charge in [0.1, 0.15) is 6.10 Å². The van der Waals surface area contributed by atoms with Crippen molar-refractivity contribution in [1.82, 2.24) is 4.90 Å². The van der Waals surface area contributed by atoms with Crippen molar-refractivity contribution >= 4 is 17.6 Å². The second kappa shape index (κ2) is 4.72. The summed E-state index contributed by atoms with van der Waals surface area (Å²) in [5.74, 6) is 0. The van der Waals surface area contributed by atoms with E-state index in [9.17, 15) is 4.79 Å². The first kappa shape index (κ1) is 11.2. The highest BCUT2D eigenvalue weighted by molar-refractivity contribution is 6.30. The van der Waals surface area contributed by atoms with Crippen molar-refractivity contribution in [2.24, 2.45) is 5.73 Å². The Morgan fingerprint density at radius 3 is 2.75 bits per heavy atom. The summed E-state index contributed by atoms with van der Waals surface area (Å²) in [6, 6.07) is 7.02. The maximum Gasteiger partial charge on any atom is 0.314 e. The van der Waals surface area contributed by atoms with Crippen LogP contribution in [0.5, 0.6) is 0 Å². The lowest BCUT2D eigenvalue weighted by atomic mass is 10.1. The molecule has 1 saturated heterocycles. The first-order chi connectivity index (χ1) is 7.66. The number of hydrogen-bond donors (Lipinski definition) is 1. The van der Waals surface area contributed by atoms with E-state index in [1.165, 1.54) is 0 Å². The summed E-state index contributed by atoms with van der Waals surface area (Å²) < 4.78 is 5.59. The number of hydrogen-bond acceptors (Lipinski definition) is 2. The number of nitrogens with two attached hydrogens (primary N) is 1. The van der Waals surface area contributed by atoms with Crippen molar-refractivity contribution in [3.8, 4) is 0 Å². The van der Waals surface area contributed by atoms with Crippen LogP contribution in [0.15, 0.2) is 24.3 Å². The zero-order valence-electron chi connectivity index (χ0n) is 8.73. The van der Waals surface area contributed by atoms with Gasteiger partial charge in [-0.3, -0.25) is 0 Å². The molecule has 1 aromatic carbocycles. The van der Waals surface area contributed by atoms with Gasteiger partial charge in [0.05, 0.1) is 13.2 Å². The minimum atomic E-state index is -0.401. The third-order valence-corrected chi connectivity index (χ3v) is 2.87. The molecule has 0 radical (unpaired) electrons. The molecule has 4 nitrogen and oxygen atoms in total. The van der Waals surface area contributed by atoms with Gasteiger partial charge in [0.15, 0.2) is 0 Å². The number of benzene rings is 1. The molecule has 2 rings (SSSR count). The highest BCUT2D eigenvalue weighted by atomic mass is 35.5. The fourth-order valence-electron chi connectivity index (χ4n) is 1.73. The average Bonchev–Trinajstić information content (AvgIpc) is 2.30. The smallest absolute Gasteiger partial charge is 0.314 e. The van der Waals surface area contributed by atoms with Gasteiger partial charge in [-0.25, -0.2) is 4.79 Å². The SMILES string of the molecule is NC(=O)N1CCO[C@@H](c2ccc(Cl)cc2)C1. The van der Waals surface area contributed by atoms with Gasteiger partial charge in [-0.15, -0.1) is 0 Å². The molecule has 0 saturated carbocycles. The number of halogens is 1. The summed E-state index contributed by atoms with van der Waals surface area (Å²) in [7, 11) is 0. The lowest BCUT2D eigenvalue weighted by Crippen LogP contribution is -2.44. The van der Waals surface area contributed by atoms with E-state index < -0.39 is 6.03 Å². The molecule has 1 aromatic rings. The number of urea groups is 1. The topological polar surface area (TPSA) is 55.6 Å². The number of carbonyl (C=O) groups excluding carboxylic acids is 1. The van der Waals surface area contributed by atoms with Gasteiger partial charge in [-0.1, -0.05) is 23.7 Å². The van der Waals surface area contributed by atoms with Crippen LogP contribution in [-0.2, 0) is 4.74 Å². The molecule has 0 unspecified atom stereocenters. The van der Waals surface area contributed by atoms with Crippen LogP contribution in [0.3, 0.4) is 0 Å². The van der Waals surface area contributed by atoms with E-state index in [1.807, 2.05) is 24.3 Å². The largest absolute Gasteiger partial charge is 0.370 e. The minimum absolute atomic E-state index is 0.112. The first-order valence-corrected chi connectivity index (χ1v) is 5.46. The molecule has 1 aliphatic rings. The Morgan fingerprint density at radius 1 is 1.44 bits per heavy atom. The summed E-state index contributed by atoms with van der Waals surface area (Å²) in [4.78, 5) is 12.6. The summed E-state index contributed by atoms with van der Waals surface area (Å²) in [5.41, 5.74) is 6.25. The van der Waals surface area contributed by atoms with E-state index in [2.05, 4.69) is 0 Å². The molecule has 86 valence electrons. The molecule has 1 fully saturated rings. The second-order valence-electron chi connectivity index (χ2n) is 3.70. The Bertz CT molecular complexity index is 380. The third kappa shape index (κ3) is 2.46. The quantitative estimate of drug-likeness (QED) is 0.814. The average molecular weight is 241 g/mol. The van der Waals surface area contributed by atoms with E-state index in [0.717, 1.165) is 5.56 Å². The molecule has 0 aromatic heterocycles. The Hall–Kier alpha value is -1.26. The van der Waals surface area contributed by atoms with E-state index in [1.54, 1.807) is 4.90 Å². The summed E-state index contributed by atoms with van der Waals surface area (Å²) in [5, 5.41) is 0.686. The number of primary amides is 1. The van der Waals surface area contributed by atoms with Crippen molar-refractivity contribution in [2.75, 3.05) is 19.7 Å². The molecule has 0 spiro atoms. The Labute approximate surface area is 98.9 Å². The molecule has 0 bridgehead atoms. The van der Waals surface area contributed by atoms with E-state index in [4.69, 9.17) is 22.1 Å². The summed E-state index contributed by atoms with van der Waals surface area (Å²) in [6.45, 7) is 1.56. The van der Waals surface area contributed by atoms with Crippen LogP contribution in [0.4, 0.5) is 4.79 Å². The van der Waals surface area contributed by atoms with Crippen LogP contribution in [0.1, 0.15) is 11.7 Å². The van der Waals surface area contributed by atoms with Crippen molar-refractivity contribution in [3.63, 3.8) is 0 Å². The van der Waals surface area contributed by atoms with Crippen LogP contribution < -0.4 is 5.73 Å². The summed E-state index contributed by atoms with van der Waals surface area (Å²) >= 11 is 5.80. The molecular weight excluding hydrogens is 228 g/mol. The highest BCUT2D eigenvalue weighted by Crippen LogP contribution is 2.23. The molecule has 1 atom stereocenters. The van der Waals surface area contributed by atoms with Crippen LogP contribution in [0.2, 0.25) is 5.02 Å². The fourth-order valence-corrected chi connectivity index (χ4v) is 1.85. The Kier molecular flexibility index (Phi) is 3.31. The van der Waals surface area contributed by atoms with Crippen molar-refractivity contribution in [1.29, 1.82) is 0 Å². The van der Waals surface area contributed by atoms with Gasteiger partial charge in [0.2, 0.25) is 0 Å². The number of amides is 2. The standard InChI is InChI=1S/C11H13ClN2O2/c12-9-3-1-8(2-4-9)10-7-14(11(13)15)5-6-16-10/h1-4,10H,5-7H2,(H2,13,15)/t10-/m1/s1. The van der Waals surface area contributed by atoms with Crippen LogP contribution in [-0.4, -0.2) is 30.6 Å². The fraction of sp³-hybridized carbons (Fsp3) is 0.364. The number of rotatable bonds is 1. The number of nitrogens with zero attached hydrogens (tertiary/aromatic N) is 1. The lowest BCUT2D eigenvalue weighted by molar-refractivity contribution is -0.0141. The first-order valence-electron chi connectivity index (χ1n) is 5.08. The summed E-state index contributed by atoms with van der Waals surface area (Å²) in [6.07, 6.45) is -0.112. The highest BCUT2D eigenvalue weighted by Gasteiger charge is 2.23. The Morgan fingerprint density at radius 2 is 2.12 bits per heavy atom.